The third-order valence-electron chi connectivity index (χ3n) is 3.52. The van der Waals surface area contributed by atoms with Crippen molar-refractivity contribution in [2.75, 3.05) is 6.61 Å². The van der Waals surface area contributed by atoms with Crippen LogP contribution >= 0.6 is 23.2 Å². The monoisotopic (exact) mass is 327 g/mol. The Bertz CT molecular complexity index is 628. The number of nitrogens with two attached hydrogens (primary N) is 1. The van der Waals surface area contributed by atoms with Crippen LogP contribution in [-0.2, 0) is 4.74 Å². The summed E-state index contributed by atoms with van der Waals surface area (Å²) in [5, 5.41) is 4.71. The summed E-state index contributed by atoms with van der Waals surface area (Å²) in [7, 11) is 0. The number of rotatable bonds is 5. The van der Waals surface area contributed by atoms with Crippen molar-refractivity contribution in [2.45, 2.75) is 31.4 Å². The van der Waals surface area contributed by atoms with Gasteiger partial charge in [0.1, 0.15) is 0 Å². The van der Waals surface area contributed by atoms with Gasteiger partial charge in [-0.25, -0.2) is 0 Å². The van der Waals surface area contributed by atoms with E-state index >= 15 is 0 Å². The predicted octanol–water partition coefficient (Wildman–Crippen LogP) is 3.61. The molecular formula is C14H15Cl2N3O2. The standard InChI is InChI=1S/C14H15Cl2N3O2/c15-10-6-2-5-9(12(10)16)14-18-13(19-21-14)11(17)7-20-8-3-1-4-8/h2,5-6,8,11H,1,3-4,7,17H2. The number of ether oxygens (including phenoxy) is 1. The Morgan fingerprint density at radius 2 is 2.19 bits per heavy atom. The van der Waals surface area contributed by atoms with Gasteiger partial charge in [-0.15, -0.1) is 0 Å². The number of halogens is 2. The van der Waals surface area contributed by atoms with Crippen LogP contribution in [0.1, 0.15) is 31.1 Å². The Morgan fingerprint density at radius 3 is 2.90 bits per heavy atom. The SMILES string of the molecule is NC(COC1CCC1)c1noc(-c2cccc(Cl)c2Cl)n1. The molecule has 2 aromatic rings. The number of benzene rings is 1. The average Bonchev–Trinajstić information content (AvgIpc) is 2.89. The van der Waals surface area contributed by atoms with Gasteiger partial charge < -0.3 is 15.0 Å². The maximum atomic E-state index is 6.13. The van der Waals surface area contributed by atoms with Crippen LogP contribution < -0.4 is 5.73 Å². The Kier molecular flexibility index (Phi) is 4.45. The number of aromatic nitrogens is 2. The fraction of sp³-hybridized carbons (Fsp3) is 0.429. The highest BCUT2D eigenvalue weighted by Crippen LogP contribution is 2.32. The van der Waals surface area contributed by atoms with E-state index < -0.39 is 6.04 Å². The Labute approximate surface area is 132 Å². The van der Waals surface area contributed by atoms with Gasteiger partial charge in [0, 0.05) is 0 Å². The molecule has 1 saturated carbocycles. The summed E-state index contributed by atoms with van der Waals surface area (Å²) in [5.74, 6) is 0.706. The third-order valence-corrected chi connectivity index (χ3v) is 4.34. The quantitative estimate of drug-likeness (QED) is 0.907. The molecule has 0 saturated heterocycles. The summed E-state index contributed by atoms with van der Waals surface area (Å²) in [4.78, 5) is 4.28. The molecule has 1 unspecified atom stereocenters. The van der Waals surface area contributed by atoms with Gasteiger partial charge in [0.2, 0.25) is 0 Å². The first-order valence-electron chi connectivity index (χ1n) is 6.80. The molecule has 1 aromatic carbocycles. The molecule has 0 bridgehead atoms. The molecule has 1 aliphatic carbocycles. The van der Waals surface area contributed by atoms with Crippen LogP contribution in [0.3, 0.4) is 0 Å². The molecule has 0 spiro atoms. The van der Waals surface area contributed by atoms with Gasteiger partial charge in [-0.2, -0.15) is 4.98 Å². The molecule has 1 fully saturated rings. The summed E-state index contributed by atoms with van der Waals surface area (Å²) in [5.41, 5.74) is 6.61. The molecule has 0 amide bonds. The molecule has 3 rings (SSSR count). The molecule has 0 radical (unpaired) electrons. The Hall–Kier alpha value is -1.14. The van der Waals surface area contributed by atoms with E-state index in [2.05, 4.69) is 10.1 Å². The van der Waals surface area contributed by atoms with Gasteiger partial charge in [-0.05, 0) is 31.4 Å². The molecule has 1 aromatic heterocycles. The Balaban J connectivity index is 1.71. The van der Waals surface area contributed by atoms with Crippen molar-refractivity contribution in [3.8, 4) is 11.5 Å². The molecule has 5 nitrogen and oxygen atoms in total. The lowest BCUT2D eigenvalue weighted by molar-refractivity contribution is -0.00549. The first-order valence-corrected chi connectivity index (χ1v) is 7.56. The molecule has 1 aliphatic rings. The van der Waals surface area contributed by atoms with E-state index in [-0.39, 0.29) is 0 Å². The van der Waals surface area contributed by atoms with Crippen LogP contribution in [0.2, 0.25) is 10.0 Å². The zero-order chi connectivity index (χ0) is 14.8. The van der Waals surface area contributed by atoms with Crippen molar-refractivity contribution in [1.82, 2.24) is 10.1 Å². The van der Waals surface area contributed by atoms with Crippen LogP contribution in [0.25, 0.3) is 11.5 Å². The molecule has 1 atom stereocenters. The molecule has 2 N–H and O–H groups in total. The number of hydrogen-bond acceptors (Lipinski definition) is 5. The van der Waals surface area contributed by atoms with Crippen molar-refractivity contribution < 1.29 is 9.26 Å². The highest BCUT2D eigenvalue weighted by Gasteiger charge is 2.22. The van der Waals surface area contributed by atoms with E-state index in [1.807, 2.05) is 0 Å². The van der Waals surface area contributed by atoms with E-state index in [4.69, 9.17) is 38.2 Å². The number of hydrogen-bond donors (Lipinski definition) is 1. The number of nitrogens with zero attached hydrogens (tertiary/aromatic N) is 2. The second-order valence-electron chi connectivity index (χ2n) is 5.05. The van der Waals surface area contributed by atoms with Crippen LogP contribution in [0.5, 0.6) is 0 Å². The van der Waals surface area contributed by atoms with Crippen LogP contribution in [-0.4, -0.2) is 22.9 Å². The van der Waals surface area contributed by atoms with Crippen molar-refractivity contribution in [2.24, 2.45) is 5.73 Å². The van der Waals surface area contributed by atoms with Crippen LogP contribution in [0.15, 0.2) is 22.7 Å². The van der Waals surface area contributed by atoms with E-state index in [9.17, 15) is 0 Å². The van der Waals surface area contributed by atoms with Gasteiger partial charge in [0.25, 0.3) is 5.89 Å². The first kappa shape index (κ1) is 14.8. The molecular weight excluding hydrogens is 313 g/mol. The summed E-state index contributed by atoms with van der Waals surface area (Å²) >= 11 is 12.1. The highest BCUT2D eigenvalue weighted by atomic mass is 35.5. The lowest BCUT2D eigenvalue weighted by atomic mass is 9.96. The molecule has 0 aliphatic heterocycles. The van der Waals surface area contributed by atoms with Crippen molar-refractivity contribution in [1.29, 1.82) is 0 Å². The van der Waals surface area contributed by atoms with Crippen molar-refractivity contribution in [3.63, 3.8) is 0 Å². The van der Waals surface area contributed by atoms with Gasteiger partial charge in [-0.3, -0.25) is 0 Å². The second kappa shape index (κ2) is 6.32. The summed E-state index contributed by atoms with van der Waals surface area (Å²) in [6, 6.07) is 4.82. The lowest BCUT2D eigenvalue weighted by Crippen LogP contribution is -2.27. The van der Waals surface area contributed by atoms with Crippen molar-refractivity contribution in [3.05, 3.63) is 34.1 Å². The fourth-order valence-electron chi connectivity index (χ4n) is 2.02. The minimum atomic E-state index is -0.416. The first-order chi connectivity index (χ1) is 10.1. The Morgan fingerprint density at radius 1 is 1.38 bits per heavy atom. The zero-order valence-corrected chi connectivity index (χ0v) is 12.8. The third kappa shape index (κ3) is 3.21. The summed E-state index contributed by atoms with van der Waals surface area (Å²) in [6.45, 7) is 0.382. The zero-order valence-electron chi connectivity index (χ0n) is 11.3. The van der Waals surface area contributed by atoms with Crippen LogP contribution in [0.4, 0.5) is 0 Å². The van der Waals surface area contributed by atoms with E-state index in [1.54, 1.807) is 18.2 Å². The van der Waals surface area contributed by atoms with Gasteiger partial charge >= 0.3 is 0 Å². The average molecular weight is 328 g/mol. The normalized spacial score (nSPS) is 16.7. The van der Waals surface area contributed by atoms with Crippen molar-refractivity contribution >= 4 is 23.2 Å². The molecule has 1 heterocycles. The minimum absolute atomic E-state index is 0.302. The minimum Gasteiger partial charge on any atom is -0.376 e. The maximum absolute atomic E-state index is 6.13. The second-order valence-corrected chi connectivity index (χ2v) is 5.84. The highest BCUT2D eigenvalue weighted by molar-refractivity contribution is 6.43. The van der Waals surface area contributed by atoms with Gasteiger partial charge in [-0.1, -0.05) is 34.4 Å². The molecule has 7 heteroatoms. The van der Waals surface area contributed by atoms with E-state index in [0.717, 1.165) is 12.8 Å². The van der Waals surface area contributed by atoms with Gasteiger partial charge in [0.15, 0.2) is 5.82 Å². The summed E-state index contributed by atoms with van der Waals surface area (Å²) in [6.07, 6.45) is 3.74. The topological polar surface area (TPSA) is 74.2 Å². The molecule has 21 heavy (non-hydrogen) atoms. The lowest BCUT2D eigenvalue weighted by Gasteiger charge is -2.26. The molecule has 112 valence electrons. The maximum Gasteiger partial charge on any atom is 0.259 e. The van der Waals surface area contributed by atoms with Crippen LogP contribution in [0, 0.1) is 0 Å². The smallest absolute Gasteiger partial charge is 0.259 e. The predicted molar refractivity (Wildman–Crippen MR) is 80.3 cm³/mol. The van der Waals surface area contributed by atoms with E-state index in [1.165, 1.54) is 6.42 Å². The van der Waals surface area contributed by atoms with E-state index in [0.29, 0.717) is 40.0 Å². The fourth-order valence-corrected chi connectivity index (χ4v) is 2.40. The largest absolute Gasteiger partial charge is 0.376 e. The van der Waals surface area contributed by atoms with Gasteiger partial charge in [0.05, 0.1) is 34.4 Å². The summed E-state index contributed by atoms with van der Waals surface area (Å²) < 4.78 is 10.9.